The van der Waals surface area contributed by atoms with Crippen LogP contribution in [0.15, 0.2) is 48.5 Å². The van der Waals surface area contributed by atoms with Gasteiger partial charge in [-0.15, -0.1) is 0 Å². The molecule has 0 spiro atoms. The van der Waals surface area contributed by atoms with E-state index in [-0.39, 0.29) is 6.61 Å². The summed E-state index contributed by atoms with van der Waals surface area (Å²) in [6.07, 6.45) is 1.85. The van der Waals surface area contributed by atoms with E-state index in [1.807, 2.05) is 12.1 Å². The lowest BCUT2D eigenvalue weighted by Gasteiger charge is -2.41. The lowest BCUT2D eigenvalue weighted by atomic mass is 10.1. The Morgan fingerprint density at radius 2 is 1.82 bits per heavy atom. The molecular weight excluding hydrogens is 352 g/mol. The molecular formula is C23H32N2O3. The van der Waals surface area contributed by atoms with Crippen molar-refractivity contribution in [1.82, 2.24) is 9.80 Å². The summed E-state index contributed by atoms with van der Waals surface area (Å²) < 4.78 is 11.0. The van der Waals surface area contributed by atoms with Crippen LogP contribution in [-0.2, 0) is 13.0 Å². The molecule has 5 nitrogen and oxygen atoms in total. The standard InChI is InChI=1S/C23H32N2O3/c1-27-22-10-6-9-20(23(22)28-2)17-24-14-15-25(21(18-24)12-16-26)13-11-19-7-4-3-5-8-19/h3-10,21,26H,11-18H2,1-2H3/t21-/m1/s1. The summed E-state index contributed by atoms with van der Waals surface area (Å²) in [6, 6.07) is 17.0. The first kappa shape index (κ1) is 20.6. The average molecular weight is 385 g/mol. The number of piperazine rings is 1. The van der Waals surface area contributed by atoms with Crippen LogP contribution in [0.25, 0.3) is 0 Å². The summed E-state index contributed by atoms with van der Waals surface area (Å²) in [4.78, 5) is 4.99. The summed E-state index contributed by atoms with van der Waals surface area (Å²) in [6.45, 7) is 5.07. The van der Waals surface area contributed by atoms with E-state index in [1.54, 1.807) is 14.2 Å². The maximum Gasteiger partial charge on any atom is 0.165 e. The van der Waals surface area contributed by atoms with Gasteiger partial charge in [-0.3, -0.25) is 9.80 Å². The molecule has 0 bridgehead atoms. The Labute approximate surface area is 168 Å². The molecule has 1 heterocycles. The quantitative estimate of drug-likeness (QED) is 0.720. The molecule has 3 rings (SSSR count). The van der Waals surface area contributed by atoms with E-state index >= 15 is 0 Å². The minimum Gasteiger partial charge on any atom is -0.493 e. The van der Waals surface area contributed by atoms with Gasteiger partial charge in [-0.25, -0.2) is 0 Å². The third-order valence-electron chi connectivity index (χ3n) is 5.56. The predicted octanol–water partition coefficient (Wildman–Crippen LogP) is 2.82. The summed E-state index contributed by atoms with van der Waals surface area (Å²) in [5.41, 5.74) is 2.51. The van der Waals surface area contributed by atoms with Gasteiger partial charge >= 0.3 is 0 Å². The molecule has 0 unspecified atom stereocenters. The Morgan fingerprint density at radius 3 is 2.54 bits per heavy atom. The fraction of sp³-hybridized carbons (Fsp3) is 0.478. The molecule has 28 heavy (non-hydrogen) atoms. The number of para-hydroxylation sites is 1. The third kappa shape index (κ3) is 5.25. The maximum absolute atomic E-state index is 9.57. The molecule has 5 heteroatoms. The van der Waals surface area contributed by atoms with Crippen LogP contribution in [0.3, 0.4) is 0 Å². The van der Waals surface area contributed by atoms with Gasteiger partial charge in [0.2, 0.25) is 0 Å². The van der Waals surface area contributed by atoms with E-state index < -0.39 is 0 Å². The zero-order valence-electron chi connectivity index (χ0n) is 17.0. The number of methoxy groups -OCH3 is 2. The van der Waals surface area contributed by atoms with Gasteiger partial charge in [0.1, 0.15) is 0 Å². The fourth-order valence-corrected chi connectivity index (χ4v) is 4.05. The molecule has 0 aromatic heterocycles. The first-order valence-electron chi connectivity index (χ1n) is 10.1. The first-order chi connectivity index (χ1) is 13.7. The zero-order valence-corrected chi connectivity index (χ0v) is 17.0. The minimum atomic E-state index is 0.225. The van der Waals surface area contributed by atoms with Crippen molar-refractivity contribution in [3.63, 3.8) is 0 Å². The van der Waals surface area contributed by atoms with Gasteiger partial charge in [-0.1, -0.05) is 42.5 Å². The number of nitrogens with zero attached hydrogens (tertiary/aromatic N) is 2. The first-order valence-corrected chi connectivity index (χ1v) is 10.1. The van der Waals surface area contributed by atoms with E-state index in [0.717, 1.165) is 62.6 Å². The second-order valence-electron chi connectivity index (χ2n) is 7.33. The van der Waals surface area contributed by atoms with E-state index in [2.05, 4.69) is 46.2 Å². The molecule has 1 N–H and O–H groups in total. The molecule has 152 valence electrons. The van der Waals surface area contributed by atoms with E-state index in [4.69, 9.17) is 9.47 Å². The monoisotopic (exact) mass is 384 g/mol. The van der Waals surface area contributed by atoms with Crippen LogP contribution in [0.5, 0.6) is 11.5 Å². The average Bonchev–Trinajstić information content (AvgIpc) is 2.74. The number of ether oxygens (including phenoxy) is 2. The van der Waals surface area contributed by atoms with Gasteiger partial charge in [0, 0.05) is 50.9 Å². The highest BCUT2D eigenvalue weighted by atomic mass is 16.5. The van der Waals surface area contributed by atoms with Crippen molar-refractivity contribution in [3.8, 4) is 11.5 Å². The normalized spacial score (nSPS) is 18.2. The van der Waals surface area contributed by atoms with E-state index in [9.17, 15) is 5.11 Å². The molecule has 0 aliphatic carbocycles. The summed E-state index contributed by atoms with van der Waals surface area (Å²) >= 11 is 0. The molecule has 0 saturated carbocycles. The van der Waals surface area contributed by atoms with Crippen molar-refractivity contribution in [2.75, 3.05) is 47.0 Å². The Kier molecular flexibility index (Phi) is 7.71. The van der Waals surface area contributed by atoms with Crippen molar-refractivity contribution >= 4 is 0 Å². The molecule has 1 saturated heterocycles. The van der Waals surface area contributed by atoms with Crippen LogP contribution in [-0.4, -0.2) is 68.0 Å². The molecule has 0 radical (unpaired) electrons. The molecule has 1 fully saturated rings. The van der Waals surface area contributed by atoms with Gasteiger partial charge in [0.05, 0.1) is 14.2 Å². The second-order valence-corrected chi connectivity index (χ2v) is 7.33. The van der Waals surface area contributed by atoms with Gasteiger partial charge in [0.25, 0.3) is 0 Å². The molecule has 1 aliphatic rings. The molecule has 1 atom stereocenters. The number of rotatable bonds is 9. The second kappa shape index (κ2) is 10.5. The molecule has 2 aromatic rings. The van der Waals surface area contributed by atoms with Gasteiger partial charge in [-0.05, 0) is 24.5 Å². The summed E-state index contributed by atoms with van der Waals surface area (Å²) in [5.74, 6) is 1.59. The number of hydrogen-bond donors (Lipinski definition) is 1. The van der Waals surface area contributed by atoms with Gasteiger partial charge in [-0.2, -0.15) is 0 Å². The largest absolute Gasteiger partial charge is 0.493 e. The highest BCUT2D eigenvalue weighted by molar-refractivity contribution is 5.46. The van der Waals surface area contributed by atoms with Crippen LogP contribution >= 0.6 is 0 Å². The van der Waals surface area contributed by atoms with Crippen molar-refractivity contribution in [3.05, 3.63) is 59.7 Å². The molecule has 0 amide bonds. The SMILES string of the molecule is COc1cccc(CN2CCN(CCc3ccccc3)[C@H](CCO)C2)c1OC. The Hall–Kier alpha value is -2.08. The number of aliphatic hydroxyl groups excluding tert-OH is 1. The number of benzene rings is 2. The van der Waals surface area contributed by atoms with Gasteiger partial charge < -0.3 is 14.6 Å². The lowest BCUT2D eigenvalue weighted by molar-refractivity contribution is 0.0558. The lowest BCUT2D eigenvalue weighted by Crippen LogP contribution is -2.53. The van der Waals surface area contributed by atoms with E-state index in [1.165, 1.54) is 5.56 Å². The van der Waals surface area contributed by atoms with Crippen molar-refractivity contribution in [2.45, 2.75) is 25.4 Å². The summed E-state index contributed by atoms with van der Waals surface area (Å²) in [5, 5.41) is 9.57. The van der Waals surface area contributed by atoms with Crippen molar-refractivity contribution < 1.29 is 14.6 Å². The third-order valence-corrected chi connectivity index (χ3v) is 5.56. The smallest absolute Gasteiger partial charge is 0.165 e. The number of hydrogen-bond acceptors (Lipinski definition) is 5. The maximum atomic E-state index is 9.57. The van der Waals surface area contributed by atoms with Crippen LogP contribution in [0.1, 0.15) is 17.5 Å². The Bertz CT molecular complexity index is 723. The van der Waals surface area contributed by atoms with Crippen molar-refractivity contribution in [1.29, 1.82) is 0 Å². The van der Waals surface area contributed by atoms with E-state index in [0.29, 0.717) is 6.04 Å². The zero-order chi connectivity index (χ0) is 19.8. The number of aliphatic hydroxyl groups is 1. The topological polar surface area (TPSA) is 45.2 Å². The predicted molar refractivity (Wildman–Crippen MR) is 112 cm³/mol. The van der Waals surface area contributed by atoms with Gasteiger partial charge in [0.15, 0.2) is 11.5 Å². The Balaban J connectivity index is 1.62. The molecule has 2 aromatic carbocycles. The van der Waals surface area contributed by atoms with Crippen molar-refractivity contribution in [2.24, 2.45) is 0 Å². The molecule has 1 aliphatic heterocycles. The van der Waals surface area contributed by atoms with Crippen LogP contribution in [0, 0.1) is 0 Å². The highest BCUT2D eigenvalue weighted by Gasteiger charge is 2.27. The fourth-order valence-electron chi connectivity index (χ4n) is 4.05. The van der Waals surface area contributed by atoms with Crippen LogP contribution in [0.4, 0.5) is 0 Å². The highest BCUT2D eigenvalue weighted by Crippen LogP contribution is 2.32. The Morgan fingerprint density at radius 1 is 1.00 bits per heavy atom. The minimum absolute atomic E-state index is 0.225. The summed E-state index contributed by atoms with van der Waals surface area (Å²) in [7, 11) is 3.36. The van der Waals surface area contributed by atoms with Crippen LogP contribution in [0.2, 0.25) is 0 Å². The van der Waals surface area contributed by atoms with Crippen LogP contribution < -0.4 is 9.47 Å².